The minimum Gasteiger partial charge on any atom is -0.467 e. The molecule has 0 radical (unpaired) electrons. The van der Waals surface area contributed by atoms with Crippen LogP contribution in [0, 0.1) is 11.7 Å². The molecule has 1 heterocycles. The molecular formula is C37H46FN3O6. The third-order valence-electron chi connectivity index (χ3n) is 8.40. The van der Waals surface area contributed by atoms with Crippen LogP contribution in [0.25, 0.3) is 12.2 Å². The lowest BCUT2D eigenvalue weighted by atomic mass is 9.95. The van der Waals surface area contributed by atoms with Gasteiger partial charge in [0.05, 0.1) is 7.11 Å². The summed E-state index contributed by atoms with van der Waals surface area (Å²) >= 11 is 0. The van der Waals surface area contributed by atoms with Crippen LogP contribution in [0.5, 0.6) is 0 Å². The van der Waals surface area contributed by atoms with Crippen LogP contribution in [0.4, 0.5) is 9.18 Å². The van der Waals surface area contributed by atoms with Gasteiger partial charge in [-0.3, -0.25) is 9.59 Å². The molecule has 1 aliphatic carbocycles. The van der Waals surface area contributed by atoms with Crippen molar-refractivity contribution in [3.63, 3.8) is 0 Å². The number of benzene rings is 2. The molecule has 3 amide bonds. The van der Waals surface area contributed by atoms with E-state index in [2.05, 4.69) is 11.9 Å². The molecule has 0 aromatic heterocycles. The van der Waals surface area contributed by atoms with Gasteiger partial charge >= 0.3 is 12.1 Å². The Labute approximate surface area is 276 Å². The van der Waals surface area contributed by atoms with Crippen LogP contribution >= 0.6 is 0 Å². The highest BCUT2D eigenvalue weighted by Gasteiger charge is 2.46. The Balaban J connectivity index is 1.62. The number of nitrogens with one attached hydrogen (secondary N) is 1. The molecule has 3 unspecified atom stereocenters. The molecule has 1 N–H and O–H groups in total. The van der Waals surface area contributed by atoms with Crippen LogP contribution in [0.3, 0.4) is 0 Å². The molecule has 1 aliphatic heterocycles. The van der Waals surface area contributed by atoms with Crippen LogP contribution in [0.1, 0.15) is 69.2 Å². The second kappa shape index (κ2) is 15.4. The van der Waals surface area contributed by atoms with E-state index >= 15 is 0 Å². The SMILES string of the molecule is C=Cc1ccc(CC(C(=O)OC)N2CCN(C(=O)C(Cc3ccc(F)cc3)NC(=O)OC(C)(C)C)C(CC3CC3)C2=O)cc1/C=C\C. The number of alkyl carbamates (subject to hydrolysis) is 1. The van der Waals surface area contributed by atoms with E-state index in [9.17, 15) is 23.6 Å². The van der Waals surface area contributed by atoms with Crippen LogP contribution in [-0.4, -0.2) is 77.6 Å². The Bertz CT molecular complexity index is 1490. The monoisotopic (exact) mass is 647 g/mol. The summed E-state index contributed by atoms with van der Waals surface area (Å²) in [6.07, 6.45) is 7.53. The van der Waals surface area contributed by atoms with Crippen molar-refractivity contribution in [1.29, 1.82) is 0 Å². The van der Waals surface area contributed by atoms with Gasteiger partial charge in [0, 0.05) is 25.9 Å². The smallest absolute Gasteiger partial charge is 0.408 e. The van der Waals surface area contributed by atoms with E-state index in [1.807, 2.05) is 37.3 Å². The molecule has 3 atom stereocenters. The normalized spacial score (nSPS) is 18.1. The van der Waals surface area contributed by atoms with Crippen LogP contribution in [0.2, 0.25) is 0 Å². The minimum atomic E-state index is -1.07. The predicted octanol–water partition coefficient (Wildman–Crippen LogP) is 5.56. The summed E-state index contributed by atoms with van der Waals surface area (Å²) in [5, 5.41) is 2.70. The first kappa shape index (κ1) is 35.4. The molecule has 252 valence electrons. The van der Waals surface area contributed by atoms with Crippen molar-refractivity contribution in [3.8, 4) is 0 Å². The van der Waals surface area contributed by atoms with E-state index in [0.29, 0.717) is 12.0 Å². The number of carbonyl (C=O) groups excluding carboxylic acids is 4. The van der Waals surface area contributed by atoms with Crippen molar-refractivity contribution >= 4 is 36.0 Å². The number of carbonyl (C=O) groups is 4. The maximum absolute atomic E-state index is 14.3. The topological polar surface area (TPSA) is 105 Å². The van der Waals surface area contributed by atoms with Gasteiger partial charge in [0.2, 0.25) is 11.8 Å². The van der Waals surface area contributed by atoms with Crippen molar-refractivity contribution in [3.05, 3.63) is 83.2 Å². The fourth-order valence-electron chi connectivity index (χ4n) is 5.92. The predicted molar refractivity (Wildman–Crippen MR) is 179 cm³/mol. The molecule has 9 nitrogen and oxygen atoms in total. The van der Waals surface area contributed by atoms with Gasteiger partial charge < -0.3 is 24.6 Å². The highest BCUT2D eigenvalue weighted by atomic mass is 19.1. The average Bonchev–Trinajstić information content (AvgIpc) is 3.85. The first-order valence-electron chi connectivity index (χ1n) is 16.1. The zero-order valence-electron chi connectivity index (χ0n) is 28.0. The van der Waals surface area contributed by atoms with Gasteiger partial charge in [-0.25, -0.2) is 14.0 Å². The zero-order chi connectivity index (χ0) is 34.3. The van der Waals surface area contributed by atoms with Gasteiger partial charge in [0.15, 0.2) is 0 Å². The number of rotatable bonds is 12. The molecule has 1 saturated heterocycles. The van der Waals surface area contributed by atoms with E-state index < -0.39 is 47.5 Å². The molecule has 10 heteroatoms. The highest BCUT2D eigenvalue weighted by molar-refractivity contribution is 5.94. The number of methoxy groups -OCH3 is 1. The Morgan fingerprint density at radius 2 is 1.72 bits per heavy atom. The summed E-state index contributed by atoms with van der Waals surface area (Å²) < 4.78 is 24.3. The zero-order valence-corrected chi connectivity index (χ0v) is 28.0. The van der Waals surface area contributed by atoms with Gasteiger partial charge in [0.1, 0.15) is 29.5 Å². The average molecular weight is 648 g/mol. The van der Waals surface area contributed by atoms with Gasteiger partial charge in [-0.15, -0.1) is 0 Å². The van der Waals surface area contributed by atoms with Crippen LogP contribution in [0.15, 0.2) is 55.1 Å². The molecule has 0 bridgehead atoms. The molecule has 4 rings (SSSR count). The quantitative estimate of drug-likeness (QED) is 0.303. The van der Waals surface area contributed by atoms with Crippen LogP contribution < -0.4 is 5.32 Å². The van der Waals surface area contributed by atoms with Crippen molar-refractivity contribution in [1.82, 2.24) is 15.1 Å². The van der Waals surface area contributed by atoms with Crippen molar-refractivity contribution in [2.45, 2.75) is 83.5 Å². The number of allylic oxidation sites excluding steroid dienone is 1. The van der Waals surface area contributed by atoms with E-state index in [-0.39, 0.29) is 37.8 Å². The molecule has 1 saturated carbocycles. The number of halogens is 1. The molecule has 2 aromatic rings. The lowest BCUT2D eigenvalue weighted by Crippen LogP contribution is -2.65. The molecular weight excluding hydrogens is 601 g/mol. The molecule has 2 aromatic carbocycles. The van der Waals surface area contributed by atoms with Gasteiger partial charge in [-0.1, -0.05) is 68.0 Å². The Hall–Kier alpha value is -4.47. The first-order valence-corrected chi connectivity index (χ1v) is 16.1. The fraction of sp³-hybridized carbons (Fsp3) is 0.459. The second-order valence-electron chi connectivity index (χ2n) is 13.2. The lowest BCUT2D eigenvalue weighted by Gasteiger charge is -2.44. The van der Waals surface area contributed by atoms with Crippen molar-refractivity contribution < 1.29 is 33.0 Å². The third-order valence-corrected chi connectivity index (χ3v) is 8.40. The van der Waals surface area contributed by atoms with Gasteiger partial charge in [-0.2, -0.15) is 0 Å². The summed E-state index contributed by atoms with van der Waals surface area (Å²) in [5.41, 5.74) is 2.58. The Morgan fingerprint density at radius 3 is 2.32 bits per heavy atom. The molecule has 0 spiro atoms. The number of amides is 3. The number of hydrogen-bond donors (Lipinski definition) is 1. The number of hydrogen-bond acceptors (Lipinski definition) is 6. The van der Waals surface area contributed by atoms with Crippen molar-refractivity contribution in [2.75, 3.05) is 20.2 Å². The van der Waals surface area contributed by atoms with E-state index in [1.165, 1.54) is 29.0 Å². The Morgan fingerprint density at radius 1 is 1.04 bits per heavy atom. The highest BCUT2D eigenvalue weighted by Crippen LogP contribution is 2.36. The largest absolute Gasteiger partial charge is 0.467 e. The minimum absolute atomic E-state index is 0.0724. The van der Waals surface area contributed by atoms with Crippen molar-refractivity contribution in [2.24, 2.45) is 5.92 Å². The number of nitrogens with zero attached hydrogens (tertiary/aromatic N) is 2. The summed E-state index contributed by atoms with van der Waals surface area (Å²) in [6.45, 7) is 11.2. The molecule has 47 heavy (non-hydrogen) atoms. The third kappa shape index (κ3) is 9.53. The summed E-state index contributed by atoms with van der Waals surface area (Å²) in [6, 6.07) is 8.73. The fourth-order valence-corrected chi connectivity index (χ4v) is 5.92. The summed E-state index contributed by atoms with van der Waals surface area (Å²) in [7, 11) is 1.30. The number of esters is 1. The Kier molecular flexibility index (Phi) is 11.6. The number of ether oxygens (including phenoxy) is 2. The van der Waals surface area contributed by atoms with Crippen LogP contribution in [-0.2, 0) is 36.7 Å². The standard InChI is InChI=1S/C37H46FN3O6/c1-7-9-28-20-26(12-15-27(28)8-2)23-32(35(44)46-6)41-19-18-40(31(34(41)43)22-25-10-11-25)33(42)30(39-36(45)47-37(3,4)5)21-24-13-16-29(38)17-14-24/h7-9,12-17,20,25,30-32H,2,10-11,18-19,21-23H2,1,3-6H3,(H,39,45)/b9-7-. The summed E-state index contributed by atoms with van der Waals surface area (Å²) in [4.78, 5) is 57.7. The second-order valence-corrected chi connectivity index (χ2v) is 13.2. The van der Waals surface area contributed by atoms with E-state index in [1.54, 1.807) is 39.0 Å². The van der Waals surface area contributed by atoms with E-state index in [0.717, 1.165) is 29.5 Å². The maximum Gasteiger partial charge on any atom is 0.408 e. The van der Waals surface area contributed by atoms with Gasteiger partial charge in [-0.05, 0) is 74.4 Å². The van der Waals surface area contributed by atoms with E-state index in [4.69, 9.17) is 9.47 Å². The first-order chi connectivity index (χ1) is 22.3. The summed E-state index contributed by atoms with van der Waals surface area (Å²) in [5.74, 6) is -1.45. The number of piperazine rings is 1. The maximum atomic E-state index is 14.3. The van der Waals surface area contributed by atoms with Gasteiger partial charge in [0.25, 0.3) is 0 Å². The lowest BCUT2D eigenvalue weighted by molar-refractivity contribution is -0.162. The molecule has 2 aliphatic rings. The molecule has 2 fully saturated rings.